The lowest BCUT2D eigenvalue weighted by Crippen LogP contribution is -2.29. The normalized spacial score (nSPS) is 13.3. The quantitative estimate of drug-likeness (QED) is 0.802. The van der Waals surface area contributed by atoms with E-state index in [0.29, 0.717) is 12.3 Å². The summed E-state index contributed by atoms with van der Waals surface area (Å²) in [5.41, 5.74) is 2.17. The third-order valence-corrected chi connectivity index (χ3v) is 3.55. The van der Waals surface area contributed by atoms with Gasteiger partial charge in [-0.3, -0.25) is 9.59 Å². The molecule has 3 rings (SSSR count). The molecule has 1 amide bonds. The molecule has 0 saturated heterocycles. The summed E-state index contributed by atoms with van der Waals surface area (Å²) in [5, 5.41) is 0. The number of carbonyl (C=O) groups is 2. The number of nitrogens with zero attached hydrogens (tertiary/aromatic N) is 1. The van der Waals surface area contributed by atoms with E-state index in [4.69, 9.17) is 4.42 Å². The Balaban J connectivity index is 1.62. The number of carbonyl (C=O) groups excluding carboxylic acids is 2. The van der Waals surface area contributed by atoms with E-state index in [-0.39, 0.29) is 24.5 Å². The van der Waals surface area contributed by atoms with E-state index >= 15 is 0 Å². The highest BCUT2D eigenvalue weighted by molar-refractivity contribution is 6.00. The Morgan fingerprint density at radius 2 is 1.95 bits per heavy atom. The van der Waals surface area contributed by atoms with E-state index in [2.05, 4.69) is 0 Å². The predicted molar refractivity (Wildman–Crippen MR) is 74.8 cm³/mol. The number of benzene rings is 1. The van der Waals surface area contributed by atoms with Gasteiger partial charge in [0, 0.05) is 25.1 Å². The maximum absolute atomic E-state index is 12.2. The van der Waals surface area contributed by atoms with Gasteiger partial charge in [-0.15, -0.1) is 0 Å². The monoisotopic (exact) mass is 269 g/mol. The van der Waals surface area contributed by atoms with Crippen molar-refractivity contribution < 1.29 is 14.0 Å². The van der Waals surface area contributed by atoms with Gasteiger partial charge in [0.25, 0.3) is 0 Å². The number of para-hydroxylation sites is 1. The average Bonchev–Trinajstić information content (AvgIpc) is 3.13. The molecule has 0 fully saturated rings. The fourth-order valence-electron chi connectivity index (χ4n) is 2.51. The molecule has 1 aliphatic heterocycles. The Morgan fingerprint density at radius 3 is 2.75 bits per heavy atom. The van der Waals surface area contributed by atoms with Gasteiger partial charge in [0.05, 0.1) is 6.26 Å². The van der Waals surface area contributed by atoms with E-state index in [1.165, 1.54) is 11.8 Å². The zero-order valence-electron chi connectivity index (χ0n) is 11.0. The van der Waals surface area contributed by atoms with Gasteiger partial charge in [-0.1, -0.05) is 18.2 Å². The summed E-state index contributed by atoms with van der Waals surface area (Å²) < 4.78 is 5.03. The van der Waals surface area contributed by atoms with Crippen LogP contribution in [0.15, 0.2) is 47.1 Å². The van der Waals surface area contributed by atoms with Crippen LogP contribution in [0.25, 0.3) is 0 Å². The molecule has 0 atom stereocenters. The molecule has 1 aliphatic rings. The lowest BCUT2D eigenvalue weighted by molar-refractivity contribution is -0.118. The van der Waals surface area contributed by atoms with Crippen molar-refractivity contribution >= 4 is 17.4 Å². The summed E-state index contributed by atoms with van der Waals surface area (Å²) in [7, 11) is 0. The highest BCUT2D eigenvalue weighted by atomic mass is 16.3. The highest BCUT2D eigenvalue weighted by Gasteiger charge is 2.24. The summed E-state index contributed by atoms with van der Waals surface area (Å²) in [6, 6.07) is 11.2. The lowest BCUT2D eigenvalue weighted by Gasteiger charge is -2.16. The van der Waals surface area contributed by atoms with Gasteiger partial charge in [-0.2, -0.15) is 0 Å². The second-order valence-electron chi connectivity index (χ2n) is 4.82. The van der Waals surface area contributed by atoms with Crippen LogP contribution in [-0.2, 0) is 11.2 Å². The first-order chi connectivity index (χ1) is 9.75. The van der Waals surface area contributed by atoms with Gasteiger partial charge in [0.2, 0.25) is 5.91 Å². The number of ketones is 1. The summed E-state index contributed by atoms with van der Waals surface area (Å²) >= 11 is 0. The van der Waals surface area contributed by atoms with Crippen molar-refractivity contribution in [3.8, 4) is 0 Å². The Kier molecular flexibility index (Phi) is 3.37. The largest absolute Gasteiger partial charge is 0.461 e. The molecule has 4 heteroatoms. The zero-order chi connectivity index (χ0) is 13.9. The van der Waals surface area contributed by atoms with Crippen molar-refractivity contribution in [2.24, 2.45) is 0 Å². The minimum Gasteiger partial charge on any atom is -0.461 e. The van der Waals surface area contributed by atoms with Crippen LogP contribution in [0.2, 0.25) is 0 Å². The number of anilines is 1. The second kappa shape index (κ2) is 5.33. The first-order valence-electron chi connectivity index (χ1n) is 6.70. The van der Waals surface area contributed by atoms with Crippen LogP contribution >= 0.6 is 0 Å². The highest BCUT2D eigenvalue weighted by Crippen LogP contribution is 2.28. The van der Waals surface area contributed by atoms with Crippen molar-refractivity contribution in [3.63, 3.8) is 0 Å². The number of Topliss-reactive ketones (excluding diaryl/α,β-unsaturated/α-hetero) is 1. The molecule has 0 bridgehead atoms. The van der Waals surface area contributed by atoms with E-state index in [9.17, 15) is 9.59 Å². The smallest absolute Gasteiger partial charge is 0.227 e. The Morgan fingerprint density at radius 1 is 1.10 bits per heavy atom. The van der Waals surface area contributed by atoms with E-state index in [1.807, 2.05) is 24.3 Å². The Labute approximate surface area is 117 Å². The van der Waals surface area contributed by atoms with Gasteiger partial charge in [-0.05, 0) is 30.2 Å². The molecule has 2 aromatic rings. The molecule has 0 radical (unpaired) electrons. The number of fused-ring (bicyclic) bond motifs is 1. The fourth-order valence-corrected chi connectivity index (χ4v) is 2.51. The van der Waals surface area contributed by atoms with E-state index in [0.717, 1.165) is 12.1 Å². The molecule has 20 heavy (non-hydrogen) atoms. The average molecular weight is 269 g/mol. The van der Waals surface area contributed by atoms with Crippen LogP contribution in [0, 0.1) is 0 Å². The molecule has 1 aromatic carbocycles. The zero-order valence-corrected chi connectivity index (χ0v) is 11.0. The summed E-state index contributed by atoms with van der Waals surface area (Å²) in [6.45, 7) is 0.702. The fraction of sp³-hybridized carbons (Fsp3) is 0.250. The molecule has 102 valence electrons. The summed E-state index contributed by atoms with van der Waals surface area (Å²) in [4.78, 5) is 25.8. The molecule has 0 unspecified atom stereocenters. The molecular weight excluding hydrogens is 254 g/mol. The number of hydrogen-bond donors (Lipinski definition) is 0. The van der Waals surface area contributed by atoms with E-state index in [1.54, 1.807) is 17.0 Å². The van der Waals surface area contributed by atoms with Crippen LogP contribution in [0.1, 0.15) is 29.0 Å². The topological polar surface area (TPSA) is 50.5 Å². The summed E-state index contributed by atoms with van der Waals surface area (Å²) in [6.07, 6.45) is 2.75. The van der Waals surface area contributed by atoms with Crippen LogP contribution < -0.4 is 4.90 Å². The van der Waals surface area contributed by atoms with Gasteiger partial charge in [-0.25, -0.2) is 0 Å². The summed E-state index contributed by atoms with van der Waals surface area (Å²) in [5.74, 6) is 0.185. The van der Waals surface area contributed by atoms with Gasteiger partial charge in [0.15, 0.2) is 11.5 Å². The first-order valence-corrected chi connectivity index (χ1v) is 6.70. The van der Waals surface area contributed by atoms with E-state index < -0.39 is 0 Å². The molecule has 0 N–H and O–H groups in total. The maximum atomic E-state index is 12.2. The molecule has 0 spiro atoms. The van der Waals surface area contributed by atoms with Crippen molar-refractivity contribution in [3.05, 3.63) is 54.0 Å². The van der Waals surface area contributed by atoms with Gasteiger partial charge in [0.1, 0.15) is 0 Å². The molecular formula is C16H15NO3. The Bertz CT molecular complexity index is 631. The SMILES string of the molecule is O=C(CCC(=O)N1CCc2ccccc21)c1ccco1. The number of rotatable bonds is 4. The van der Waals surface area contributed by atoms with Crippen LogP contribution in [0.4, 0.5) is 5.69 Å². The standard InChI is InChI=1S/C16H15NO3/c18-14(15-6-3-11-20-15)7-8-16(19)17-10-9-12-4-1-2-5-13(12)17/h1-6,11H,7-10H2. The predicted octanol–water partition coefficient (Wildman–Crippen LogP) is 2.83. The lowest BCUT2D eigenvalue weighted by atomic mass is 10.1. The minimum absolute atomic E-state index is 0.00476. The molecule has 1 aromatic heterocycles. The molecule has 2 heterocycles. The minimum atomic E-state index is -0.129. The number of furan rings is 1. The second-order valence-corrected chi connectivity index (χ2v) is 4.82. The third kappa shape index (κ3) is 2.37. The first kappa shape index (κ1) is 12.7. The van der Waals surface area contributed by atoms with Gasteiger partial charge >= 0.3 is 0 Å². The number of amides is 1. The molecule has 0 saturated carbocycles. The van der Waals surface area contributed by atoms with Crippen molar-refractivity contribution in [2.75, 3.05) is 11.4 Å². The van der Waals surface area contributed by atoms with Crippen molar-refractivity contribution in [1.29, 1.82) is 0 Å². The Hall–Kier alpha value is -2.36. The van der Waals surface area contributed by atoms with Gasteiger partial charge < -0.3 is 9.32 Å². The van der Waals surface area contributed by atoms with Crippen LogP contribution in [0.3, 0.4) is 0 Å². The molecule has 4 nitrogen and oxygen atoms in total. The van der Waals surface area contributed by atoms with Crippen LogP contribution in [0.5, 0.6) is 0 Å². The molecule has 0 aliphatic carbocycles. The van der Waals surface area contributed by atoms with Crippen molar-refractivity contribution in [2.45, 2.75) is 19.3 Å². The van der Waals surface area contributed by atoms with Crippen molar-refractivity contribution in [1.82, 2.24) is 0 Å². The van der Waals surface area contributed by atoms with Crippen LogP contribution in [-0.4, -0.2) is 18.2 Å². The maximum Gasteiger partial charge on any atom is 0.227 e. The number of hydrogen-bond acceptors (Lipinski definition) is 3. The third-order valence-electron chi connectivity index (χ3n) is 3.55.